The molecule has 0 bridgehead atoms. The summed E-state index contributed by atoms with van der Waals surface area (Å²) in [5, 5.41) is 9.16. The van der Waals surface area contributed by atoms with Crippen molar-refractivity contribution in [3.8, 4) is 17.2 Å². The van der Waals surface area contributed by atoms with Gasteiger partial charge in [-0.05, 0) is 19.1 Å². The largest absolute Gasteiger partial charge is 0.493 e. The van der Waals surface area contributed by atoms with Crippen molar-refractivity contribution in [2.75, 3.05) is 14.2 Å². The molecule has 0 unspecified atom stereocenters. The van der Waals surface area contributed by atoms with Crippen LogP contribution in [0.25, 0.3) is 5.69 Å². The number of methoxy groups -OCH3 is 2. The minimum absolute atomic E-state index is 0.0616. The first-order valence-corrected chi connectivity index (χ1v) is 6.76. The van der Waals surface area contributed by atoms with E-state index >= 15 is 0 Å². The normalized spacial score (nSPS) is 10.4. The van der Waals surface area contributed by atoms with Gasteiger partial charge in [-0.2, -0.15) is 0 Å². The molecule has 0 amide bonds. The fourth-order valence-electron chi connectivity index (χ4n) is 2.19. The Morgan fingerprint density at radius 3 is 2.35 bits per heavy atom. The molecule has 23 heavy (non-hydrogen) atoms. The van der Waals surface area contributed by atoms with Gasteiger partial charge in [0.25, 0.3) is 5.56 Å². The molecular weight excluding hydrogens is 304 g/mol. The molecule has 1 aromatic heterocycles. The van der Waals surface area contributed by atoms with Gasteiger partial charge < -0.3 is 14.6 Å². The molecule has 0 fully saturated rings. The number of carbonyl (C=O) groups is 1. The number of ether oxygens (including phenoxy) is 2. The quantitative estimate of drug-likeness (QED) is 0.872. The van der Waals surface area contributed by atoms with Crippen molar-refractivity contribution in [2.24, 2.45) is 0 Å². The van der Waals surface area contributed by atoms with Crippen molar-refractivity contribution in [3.05, 3.63) is 50.8 Å². The molecule has 8 heteroatoms. The average molecular weight is 320 g/mol. The van der Waals surface area contributed by atoms with Crippen LogP contribution >= 0.6 is 0 Å². The molecule has 2 aromatic rings. The van der Waals surface area contributed by atoms with Crippen molar-refractivity contribution in [1.29, 1.82) is 0 Å². The van der Waals surface area contributed by atoms with Crippen molar-refractivity contribution in [3.63, 3.8) is 0 Å². The van der Waals surface area contributed by atoms with Crippen molar-refractivity contribution < 1.29 is 19.4 Å². The van der Waals surface area contributed by atoms with Crippen molar-refractivity contribution >= 4 is 5.97 Å². The number of benzene rings is 1. The van der Waals surface area contributed by atoms with Crippen LogP contribution in [0.15, 0.2) is 34.0 Å². The zero-order chi connectivity index (χ0) is 17.1. The maximum atomic E-state index is 12.4. The van der Waals surface area contributed by atoms with Gasteiger partial charge in [0.2, 0.25) is 0 Å². The highest BCUT2D eigenvalue weighted by atomic mass is 16.5. The Morgan fingerprint density at radius 1 is 1.17 bits per heavy atom. The van der Waals surface area contributed by atoms with Crippen LogP contribution in [-0.2, 0) is 6.54 Å². The second-order valence-electron chi connectivity index (χ2n) is 4.59. The molecule has 0 radical (unpaired) electrons. The van der Waals surface area contributed by atoms with E-state index in [1.54, 1.807) is 19.1 Å². The monoisotopic (exact) mass is 320 g/mol. The predicted molar refractivity (Wildman–Crippen MR) is 82.0 cm³/mol. The van der Waals surface area contributed by atoms with Gasteiger partial charge in [0.15, 0.2) is 11.5 Å². The third-order valence-corrected chi connectivity index (χ3v) is 3.36. The summed E-state index contributed by atoms with van der Waals surface area (Å²) in [4.78, 5) is 35.6. The first-order chi connectivity index (χ1) is 10.9. The summed E-state index contributed by atoms with van der Waals surface area (Å²) >= 11 is 0. The van der Waals surface area contributed by atoms with Crippen LogP contribution in [0, 0.1) is 0 Å². The summed E-state index contributed by atoms with van der Waals surface area (Å²) in [6.45, 7) is 1.65. The molecule has 2 rings (SSSR count). The SMILES string of the molecule is CCn1c(=O)c(C(=O)O)cn(-c2ccc(OC)c(OC)c2)c1=O. The topological polar surface area (TPSA) is 99.8 Å². The molecular formula is C15H16N2O6. The van der Waals surface area contributed by atoms with E-state index < -0.39 is 22.8 Å². The summed E-state index contributed by atoms with van der Waals surface area (Å²) in [5.74, 6) is -0.555. The summed E-state index contributed by atoms with van der Waals surface area (Å²) in [5.41, 5.74) is -1.59. The number of hydrogen-bond acceptors (Lipinski definition) is 5. The molecule has 0 spiro atoms. The minimum Gasteiger partial charge on any atom is -0.493 e. The first-order valence-electron chi connectivity index (χ1n) is 6.76. The lowest BCUT2D eigenvalue weighted by molar-refractivity contribution is 0.0693. The van der Waals surface area contributed by atoms with Crippen LogP contribution in [0.5, 0.6) is 11.5 Å². The van der Waals surface area contributed by atoms with Crippen LogP contribution in [0.4, 0.5) is 0 Å². The van der Waals surface area contributed by atoms with Gasteiger partial charge in [0, 0.05) is 18.8 Å². The number of carboxylic acids is 1. The van der Waals surface area contributed by atoms with Gasteiger partial charge in [-0.1, -0.05) is 0 Å². The molecule has 0 saturated carbocycles. The average Bonchev–Trinajstić information content (AvgIpc) is 2.54. The van der Waals surface area contributed by atoms with Crippen molar-refractivity contribution in [2.45, 2.75) is 13.5 Å². The van der Waals surface area contributed by atoms with Crippen LogP contribution in [0.2, 0.25) is 0 Å². The fourth-order valence-corrected chi connectivity index (χ4v) is 2.19. The Balaban J connectivity index is 2.78. The van der Waals surface area contributed by atoms with E-state index in [4.69, 9.17) is 14.6 Å². The van der Waals surface area contributed by atoms with Crippen LogP contribution in [0.3, 0.4) is 0 Å². The van der Waals surface area contributed by atoms with Crippen LogP contribution in [-0.4, -0.2) is 34.4 Å². The number of nitrogens with zero attached hydrogens (tertiary/aromatic N) is 2. The predicted octanol–water partition coefficient (Wildman–Crippen LogP) is 0.734. The molecule has 1 N–H and O–H groups in total. The zero-order valence-corrected chi connectivity index (χ0v) is 12.9. The molecule has 0 aliphatic heterocycles. The highest BCUT2D eigenvalue weighted by Crippen LogP contribution is 2.28. The van der Waals surface area contributed by atoms with E-state index in [0.717, 1.165) is 15.3 Å². The molecule has 0 saturated heterocycles. The number of rotatable bonds is 5. The third kappa shape index (κ3) is 2.83. The van der Waals surface area contributed by atoms with E-state index in [2.05, 4.69) is 0 Å². The lowest BCUT2D eigenvalue weighted by Crippen LogP contribution is -2.41. The summed E-state index contributed by atoms with van der Waals surface area (Å²) in [7, 11) is 2.92. The van der Waals surface area contributed by atoms with Crippen LogP contribution in [0.1, 0.15) is 17.3 Å². The summed E-state index contributed by atoms with van der Waals surface area (Å²) < 4.78 is 12.2. The Kier molecular flexibility index (Phi) is 4.54. The highest BCUT2D eigenvalue weighted by Gasteiger charge is 2.17. The van der Waals surface area contributed by atoms with E-state index in [0.29, 0.717) is 17.2 Å². The second kappa shape index (κ2) is 6.39. The van der Waals surface area contributed by atoms with Gasteiger partial charge in [0.05, 0.1) is 19.9 Å². The Hall–Kier alpha value is -3.03. The van der Waals surface area contributed by atoms with Gasteiger partial charge in [-0.25, -0.2) is 9.59 Å². The second-order valence-corrected chi connectivity index (χ2v) is 4.59. The van der Waals surface area contributed by atoms with Gasteiger partial charge in [0.1, 0.15) is 5.56 Å². The zero-order valence-electron chi connectivity index (χ0n) is 12.9. The van der Waals surface area contributed by atoms with Gasteiger partial charge >= 0.3 is 11.7 Å². The van der Waals surface area contributed by atoms with Crippen molar-refractivity contribution in [1.82, 2.24) is 9.13 Å². The molecule has 0 aliphatic rings. The lowest BCUT2D eigenvalue weighted by Gasteiger charge is -2.13. The van der Waals surface area contributed by atoms with E-state index in [1.165, 1.54) is 20.3 Å². The lowest BCUT2D eigenvalue weighted by atomic mass is 10.2. The molecule has 0 atom stereocenters. The maximum Gasteiger partial charge on any atom is 0.342 e. The third-order valence-electron chi connectivity index (χ3n) is 3.36. The van der Waals surface area contributed by atoms with Gasteiger partial charge in [-0.15, -0.1) is 0 Å². The number of aromatic nitrogens is 2. The smallest absolute Gasteiger partial charge is 0.342 e. The summed E-state index contributed by atoms with van der Waals surface area (Å²) in [6, 6.07) is 4.68. The Bertz CT molecular complexity index is 865. The summed E-state index contributed by atoms with van der Waals surface area (Å²) in [6.07, 6.45) is 1.01. The fraction of sp³-hybridized carbons (Fsp3) is 0.267. The van der Waals surface area contributed by atoms with E-state index in [-0.39, 0.29) is 6.54 Å². The molecule has 122 valence electrons. The number of aromatic carboxylic acids is 1. The maximum absolute atomic E-state index is 12.4. The molecule has 1 heterocycles. The minimum atomic E-state index is -1.40. The Labute approximate surface area is 131 Å². The molecule has 0 aliphatic carbocycles. The van der Waals surface area contributed by atoms with Crippen LogP contribution < -0.4 is 20.7 Å². The molecule has 8 nitrogen and oxygen atoms in total. The highest BCUT2D eigenvalue weighted by molar-refractivity contribution is 5.86. The van der Waals surface area contributed by atoms with E-state index in [9.17, 15) is 14.4 Å². The first kappa shape index (κ1) is 16.3. The Morgan fingerprint density at radius 2 is 1.83 bits per heavy atom. The molecule has 1 aromatic carbocycles. The van der Waals surface area contributed by atoms with E-state index in [1.807, 2.05) is 0 Å². The number of carboxylic acid groups (broad SMARTS) is 1. The number of hydrogen-bond donors (Lipinski definition) is 1. The van der Waals surface area contributed by atoms with Gasteiger partial charge in [-0.3, -0.25) is 13.9 Å². The standard InChI is InChI=1S/C15H16N2O6/c1-4-16-13(18)10(14(19)20)8-17(15(16)21)9-5-6-11(22-2)12(7-9)23-3/h5-8H,4H2,1-3H3,(H,19,20).